The van der Waals surface area contributed by atoms with E-state index in [2.05, 4.69) is 11.1 Å². The van der Waals surface area contributed by atoms with Crippen molar-refractivity contribution in [1.82, 2.24) is 4.98 Å². The molecule has 1 atom stereocenters. The molecule has 0 bridgehead atoms. The van der Waals surface area contributed by atoms with Gasteiger partial charge in [0.05, 0.1) is 5.52 Å². The van der Waals surface area contributed by atoms with Gasteiger partial charge in [-0.25, -0.2) is 0 Å². The van der Waals surface area contributed by atoms with Gasteiger partial charge in [0.2, 0.25) is 6.79 Å². The van der Waals surface area contributed by atoms with E-state index in [1.54, 1.807) is 6.08 Å². The van der Waals surface area contributed by atoms with Gasteiger partial charge in [0.1, 0.15) is 0 Å². The summed E-state index contributed by atoms with van der Waals surface area (Å²) in [6.45, 7) is 0.260. The number of carbonyl (C=O) groups is 1. The van der Waals surface area contributed by atoms with Crippen LogP contribution in [0.4, 0.5) is 0 Å². The predicted molar refractivity (Wildman–Crippen MR) is 99.3 cm³/mol. The number of benzene rings is 2. The minimum absolute atomic E-state index is 0.142. The fourth-order valence-electron chi connectivity index (χ4n) is 3.74. The van der Waals surface area contributed by atoms with Crippen LogP contribution in [0.15, 0.2) is 60.8 Å². The highest BCUT2D eigenvalue weighted by molar-refractivity contribution is 6.00. The van der Waals surface area contributed by atoms with Crippen LogP contribution in [-0.4, -0.2) is 17.6 Å². The topological polar surface area (TPSA) is 48.4 Å². The van der Waals surface area contributed by atoms with Crippen molar-refractivity contribution in [2.75, 3.05) is 6.79 Å². The second-order valence-corrected chi connectivity index (χ2v) is 6.77. The van der Waals surface area contributed by atoms with E-state index in [9.17, 15) is 4.79 Å². The molecular weight excluding hydrogens is 326 g/mol. The number of para-hydroxylation sites is 1. The van der Waals surface area contributed by atoms with Crippen LogP contribution in [-0.2, 0) is 4.79 Å². The van der Waals surface area contributed by atoms with Crippen molar-refractivity contribution in [3.05, 3.63) is 71.9 Å². The van der Waals surface area contributed by atoms with Crippen LogP contribution in [0.1, 0.15) is 29.9 Å². The molecule has 3 aromatic rings. The Bertz CT molecular complexity index is 1050. The molecule has 0 saturated carbocycles. The molecule has 128 valence electrons. The van der Waals surface area contributed by atoms with E-state index in [0.717, 1.165) is 45.5 Å². The molecule has 0 amide bonds. The number of ketones is 1. The number of fused-ring (bicyclic) bond motifs is 2. The molecule has 1 aliphatic heterocycles. The van der Waals surface area contributed by atoms with Gasteiger partial charge in [-0.05, 0) is 59.4 Å². The van der Waals surface area contributed by atoms with Gasteiger partial charge >= 0.3 is 0 Å². The first kappa shape index (κ1) is 15.1. The number of ether oxygens (including phenoxy) is 2. The largest absolute Gasteiger partial charge is 0.454 e. The Labute approximate surface area is 151 Å². The van der Waals surface area contributed by atoms with Crippen molar-refractivity contribution in [2.45, 2.75) is 18.8 Å². The van der Waals surface area contributed by atoms with E-state index < -0.39 is 0 Å². The van der Waals surface area contributed by atoms with Gasteiger partial charge < -0.3 is 9.47 Å². The SMILES string of the molecule is O=C1C=C(c2cnc3ccccc3c2)C[C@@H](c2ccc3c(c2)OCO3)C1. The third-order valence-corrected chi connectivity index (χ3v) is 5.08. The average molecular weight is 343 g/mol. The Morgan fingerprint density at radius 2 is 1.85 bits per heavy atom. The summed E-state index contributed by atoms with van der Waals surface area (Å²) in [5, 5.41) is 1.09. The van der Waals surface area contributed by atoms with Crippen molar-refractivity contribution in [2.24, 2.45) is 0 Å². The summed E-state index contributed by atoms with van der Waals surface area (Å²) in [5.41, 5.74) is 4.14. The van der Waals surface area contributed by atoms with Crippen LogP contribution < -0.4 is 9.47 Å². The number of pyridine rings is 1. The molecule has 2 heterocycles. The van der Waals surface area contributed by atoms with Gasteiger partial charge in [-0.2, -0.15) is 0 Å². The molecule has 0 radical (unpaired) electrons. The lowest BCUT2D eigenvalue weighted by Crippen LogP contribution is -2.12. The van der Waals surface area contributed by atoms with Crippen molar-refractivity contribution < 1.29 is 14.3 Å². The molecule has 0 spiro atoms. The van der Waals surface area contributed by atoms with Gasteiger partial charge in [-0.1, -0.05) is 24.3 Å². The van der Waals surface area contributed by atoms with Gasteiger partial charge in [0, 0.05) is 18.0 Å². The summed E-state index contributed by atoms with van der Waals surface area (Å²) >= 11 is 0. The molecule has 4 heteroatoms. The van der Waals surface area contributed by atoms with Crippen LogP contribution in [0.2, 0.25) is 0 Å². The Hall–Kier alpha value is -3.14. The molecule has 0 unspecified atom stereocenters. The second kappa shape index (κ2) is 5.99. The summed E-state index contributed by atoms with van der Waals surface area (Å²) in [5.74, 6) is 1.83. The molecule has 1 aliphatic carbocycles. The third-order valence-electron chi connectivity index (χ3n) is 5.08. The number of hydrogen-bond acceptors (Lipinski definition) is 4. The molecule has 0 N–H and O–H groups in total. The zero-order chi connectivity index (χ0) is 17.5. The highest BCUT2D eigenvalue weighted by atomic mass is 16.7. The van der Waals surface area contributed by atoms with Gasteiger partial charge in [0.25, 0.3) is 0 Å². The summed E-state index contributed by atoms with van der Waals surface area (Å²) < 4.78 is 10.9. The minimum Gasteiger partial charge on any atom is -0.454 e. The molecule has 26 heavy (non-hydrogen) atoms. The lowest BCUT2D eigenvalue weighted by molar-refractivity contribution is -0.115. The fraction of sp³-hybridized carbons (Fsp3) is 0.182. The van der Waals surface area contributed by atoms with E-state index in [4.69, 9.17) is 9.47 Å². The Balaban J connectivity index is 1.48. The quantitative estimate of drug-likeness (QED) is 0.688. The number of rotatable bonds is 2. The molecule has 2 aromatic carbocycles. The first-order valence-electron chi connectivity index (χ1n) is 8.74. The molecule has 4 nitrogen and oxygen atoms in total. The van der Waals surface area contributed by atoms with Crippen molar-refractivity contribution in [3.63, 3.8) is 0 Å². The Morgan fingerprint density at radius 3 is 2.81 bits per heavy atom. The summed E-state index contributed by atoms with van der Waals surface area (Å²) in [6, 6.07) is 16.1. The van der Waals surface area contributed by atoms with E-state index in [1.807, 2.05) is 48.7 Å². The maximum atomic E-state index is 12.4. The highest BCUT2D eigenvalue weighted by Gasteiger charge is 2.25. The van der Waals surface area contributed by atoms with Crippen molar-refractivity contribution >= 4 is 22.3 Å². The minimum atomic E-state index is 0.142. The smallest absolute Gasteiger partial charge is 0.231 e. The van der Waals surface area contributed by atoms with Crippen LogP contribution >= 0.6 is 0 Å². The van der Waals surface area contributed by atoms with E-state index >= 15 is 0 Å². The number of aromatic nitrogens is 1. The Kier molecular flexibility index (Phi) is 3.49. The Morgan fingerprint density at radius 1 is 0.962 bits per heavy atom. The first-order chi connectivity index (χ1) is 12.8. The normalized spacial score (nSPS) is 18.8. The number of nitrogens with zero attached hydrogens (tertiary/aromatic N) is 1. The third kappa shape index (κ3) is 2.64. The standard InChI is InChI=1S/C22H17NO3/c24-19-9-16(14-5-6-21-22(11-14)26-13-25-21)8-17(10-19)18-7-15-3-1-2-4-20(15)23-12-18/h1-7,10-12,16H,8-9,13H2/t16-/m1/s1. The van der Waals surface area contributed by atoms with Crippen LogP contribution in [0.5, 0.6) is 11.5 Å². The van der Waals surface area contributed by atoms with Crippen LogP contribution in [0.3, 0.4) is 0 Å². The lowest BCUT2D eigenvalue weighted by atomic mass is 9.81. The number of allylic oxidation sites excluding steroid dienone is 2. The van der Waals surface area contributed by atoms with E-state index in [1.165, 1.54) is 0 Å². The molecule has 0 saturated heterocycles. The van der Waals surface area contributed by atoms with E-state index in [-0.39, 0.29) is 18.5 Å². The monoisotopic (exact) mass is 343 g/mol. The number of hydrogen-bond donors (Lipinski definition) is 0. The molecule has 0 fully saturated rings. The zero-order valence-corrected chi connectivity index (χ0v) is 14.1. The molecule has 5 rings (SSSR count). The van der Waals surface area contributed by atoms with Crippen LogP contribution in [0.25, 0.3) is 16.5 Å². The average Bonchev–Trinajstić information content (AvgIpc) is 3.15. The first-order valence-corrected chi connectivity index (χ1v) is 8.74. The van der Waals surface area contributed by atoms with Gasteiger partial charge in [-0.3, -0.25) is 9.78 Å². The zero-order valence-electron chi connectivity index (χ0n) is 14.1. The van der Waals surface area contributed by atoms with Gasteiger partial charge in [0.15, 0.2) is 17.3 Å². The maximum Gasteiger partial charge on any atom is 0.231 e. The summed E-state index contributed by atoms with van der Waals surface area (Å²) in [4.78, 5) is 16.9. The molecule has 1 aromatic heterocycles. The van der Waals surface area contributed by atoms with Gasteiger partial charge in [-0.15, -0.1) is 0 Å². The van der Waals surface area contributed by atoms with E-state index in [0.29, 0.717) is 6.42 Å². The summed E-state index contributed by atoms with van der Waals surface area (Å²) in [6.07, 6.45) is 4.97. The lowest BCUT2D eigenvalue weighted by Gasteiger charge is -2.23. The summed E-state index contributed by atoms with van der Waals surface area (Å²) in [7, 11) is 0. The molecular formula is C22H17NO3. The van der Waals surface area contributed by atoms with Crippen molar-refractivity contribution in [1.29, 1.82) is 0 Å². The van der Waals surface area contributed by atoms with Crippen molar-refractivity contribution in [3.8, 4) is 11.5 Å². The fourth-order valence-corrected chi connectivity index (χ4v) is 3.74. The predicted octanol–water partition coefficient (Wildman–Crippen LogP) is 4.49. The highest BCUT2D eigenvalue weighted by Crippen LogP contribution is 2.40. The maximum absolute atomic E-state index is 12.4. The number of carbonyl (C=O) groups excluding carboxylic acids is 1. The molecule has 2 aliphatic rings. The van der Waals surface area contributed by atoms with Crippen LogP contribution in [0, 0.1) is 0 Å². The second-order valence-electron chi connectivity index (χ2n) is 6.77.